The van der Waals surface area contributed by atoms with Gasteiger partial charge in [0.1, 0.15) is 6.61 Å². The number of methoxy groups -OCH3 is 1. The van der Waals surface area contributed by atoms with E-state index in [1.54, 1.807) is 12.0 Å². The molecule has 0 aliphatic heterocycles. The molecule has 0 heterocycles. The lowest BCUT2D eigenvalue weighted by atomic mass is 10.2. The monoisotopic (exact) mass is 231 g/mol. The van der Waals surface area contributed by atoms with Crippen molar-refractivity contribution in [3.05, 3.63) is 0 Å². The van der Waals surface area contributed by atoms with Crippen molar-refractivity contribution in [1.82, 2.24) is 4.90 Å². The quantitative estimate of drug-likeness (QED) is 0.698. The highest BCUT2D eigenvalue weighted by Gasteiger charge is 2.20. The van der Waals surface area contributed by atoms with Crippen LogP contribution in [0.4, 0.5) is 0 Å². The van der Waals surface area contributed by atoms with Gasteiger partial charge in [-0.3, -0.25) is 4.79 Å². The Bertz CT molecular complexity index is 211. The lowest BCUT2D eigenvalue weighted by Crippen LogP contribution is -2.43. The van der Waals surface area contributed by atoms with E-state index in [-0.39, 0.29) is 24.2 Å². The number of carbonyl (C=O) groups excluding carboxylic acids is 1. The molecule has 1 amide bonds. The molecule has 4 nitrogen and oxygen atoms in total. The van der Waals surface area contributed by atoms with Crippen LogP contribution in [0.2, 0.25) is 0 Å². The van der Waals surface area contributed by atoms with Crippen LogP contribution >= 0.6 is 0 Å². The zero-order valence-electron chi connectivity index (χ0n) is 11.4. The van der Waals surface area contributed by atoms with Gasteiger partial charge in [-0.05, 0) is 34.6 Å². The molecule has 0 aromatic rings. The van der Waals surface area contributed by atoms with E-state index in [4.69, 9.17) is 9.47 Å². The van der Waals surface area contributed by atoms with Crippen molar-refractivity contribution in [2.75, 3.05) is 26.9 Å². The topological polar surface area (TPSA) is 38.8 Å². The van der Waals surface area contributed by atoms with Gasteiger partial charge in [0.05, 0.1) is 18.2 Å². The number of hydrogen-bond acceptors (Lipinski definition) is 3. The molecule has 0 aliphatic rings. The van der Waals surface area contributed by atoms with Crippen LogP contribution in [-0.2, 0) is 14.3 Å². The Morgan fingerprint density at radius 1 is 1.38 bits per heavy atom. The van der Waals surface area contributed by atoms with Crippen LogP contribution in [0.3, 0.4) is 0 Å². The van der Waals surface area contributed by atoms with Crippen LogP contribution in [0.5, 0.6) is 0 Å². The number of carbonyl (C=O) groups is 1. The van der Waals surface area contributed by atoms with Crippen LogP contribution in [-0.4, -0.2) is 49.3 Å². The largest absolute Gasteiger partial charge is 0.383 e. The van der Waals surface area contributed by atoms with Gasteiger partial charge in [-0.25, -0.2) is 0 Å². The predicted molar refractivity (Wildman–Crippen MR) is 64.4 cm³/mol. The summed E-state index contributed by atoms with van der Waals surface area (Å²) in [6.45, 7) is 11.1. The Balaban J connectivity index is 4.21. The first-order valence-electron chi connectivity index (χ1n) is 5.74. The fraction of sp³-hybridized carbons (Fsp3) is 0.917. The van der Waals surface area contributed by atoms with Gasteiger partial charge in [0.2, 0.25) is 5.91 Å². The number of ether oxygens (including phenoxy) is 2. The van der Waals surface area contributed by atoms with Crippen molar-refractivity contribution < 1.29 is 14.3 Å². The van der Waals surface area contributed by atoms with Crippen LogP contribution in [0.1, 0.15) is 34.6 Å². The number of hydrogen-bond donors (Lipinski definition) is 0. The fourth-order valence-corrected chi connectivity index (χ4v) is 1.43. The second kappa shape index (κ2) is 6.86. The average Bonchev–Trinajstić information content (AvgIpc) is 2.15. The summed E-state index contributed by atoms with van der Waals surface area (Å²) >= 11 is 0. The number of amides is 1. The van der Waals surface area contributed by atoms with Gasteiger partial charge in [0.15, 0.2) is 0 Å². The summed E-state index contributed by atoms with van der Waals surface area (Å²) in [5.74, 6) is 0.0157. The molecule has 96 valence electrons. The first-order chi connectivity index (χ1) is 7.31. The summed E-state index contributed by atoms with van der Waals surface area (Å²) in [5.41, 5.74) is -0.278. The molecule has 0 spiro atoms. The third kappa shape index (κ3) is 6.08. The Kier molecular flexibility index (Phi) is 6.60. The van der Waals surface area contributed by atoms with Crippen molar-refractivity contribution in [3.63, 3.8) is 0 Å². The normalized spacial score (nSPS) is 13.6. The van der Waals surface area contributed by atoms with Crippen molar-refractivity contribution in [2.24, 2.45) is 0 Å². The summed E-state index contributed by atoms with van der Waals surface area (Å²) in [4.78, 5) is 13.7. The maximum Gasteiger partial charge on any atom is 0.248 e. The number of likely N-dealkylation sites (N-methyl/N-ethyl adjacent to an activating group) is 1. The van der Waals surface area contributed by atoms with E-state index >= 15 is 0 Å². The minimum Gasteiger partial charge on any atom is -0.383 e. The Labute approximate surface area is 98.9 Å². The highest BCUT2D eigenvalue weighted by Crippen LogP contribution is 2.08. The van der Waals surface area contributed by atoms with Gasteiger partial charge in [-0.2, -0.15) is 0 Å². The van der Waals surface area contributed by atoms with Crippen molar-refractivity contribution in [3.8, 4) is 0 Å². The molecule has 0 radical (unpaired) electrons. The minimum absolute atomic E-state index is 0.0157. The zero-order valence-corrected chi connectivity index (χ0v) is 11.4. The van der Waals surface area contributed by atoms with E-state index in [0.29, 0.717) is 13.2 Å². The third-order valence-electron chi connectivity index (χ3n) is 2.23. The van der Waals surface area contributed by atoms with E-state index in [9.17, 15) is 4.79 Å². The maximum atomic E-state index is 11.9. The number of nitrogens with zero attached hydrogens (tertiary/aromatic N) is 1. The standard InChI is InChI=1S/C12H25NO3/c1-7-13(10(2)8-15-6)11(14)9-16-12(3,4)5/h10H,7-9H2,1-6H3. The molecule has 4 heteroatoms. The third-order valence-corrected chi connectivity index (χ3v) is 2.23. The van der Waals surface area contributed by atoms with Crippen molar-refractivity contribution in [1.29, 1.82) is 0 Å². The van der Waals surface area contributed by atoms with Crippen LogP contribution in [0.25, 0.3) is 0 Å². The zero-order chi connectivity index (χ0) is 12.8. The molecular weight excluding hydrogens is 206 g/mol. The van der Waals surface area contributed by atoms with E-state index < -0.39 is 0 Å². The number of rotatable bonds is 6. The Morgan fingerprint density at radius 2 is 1.94 bits per heavy atom. The predicted octanol–water partition coefficient (Wildman–Crippen LogP) is 1.68. The van der Waals surface area contributed by atoms with Crippen LogP contribution < -0.4 is 0 Å². The van der Waals surface area contributed by atoms with Gasteiger partial charge in [-0.1, -0.05) is 0 Å². The molecule has 1 unspecified atom stereocenters. The molecule has 0 N–H and O–H groups in total. The van der Waals surface area contributed by atoms with E-state index in [1.165, 1.54) is 0 Å². The first-order valence-corrected chi connectivity index (χ1v) is 5.74. The molecule has 16 heavy (non-hydrogen) atoms. The fourth-order valence-electron chi connectivity index (χ4n) is 1.43. The molecule has 0 rings (SSSR count). The van der Waals surface area contributed by atoms with Gasteiger partial charge >= 0.3 is 0 Å². The highest BCUT2D eigenvalue weighted by atomic mass is 16.5. The van der Waals surface area contributed by atoms with Crippen molar-refractivity contribution in [2.45, 2.75) is 46.3 Å². The van der Waals surface area contributed by atoms with E-state index in [2.05, 4.69) is 0 Å². The second-order valence-corrected chi connectivity index (χ2v) is 4.89. The summed E-state index contributed by atoms with van der Waals surface area (Å²) in [5, 5.41) is 0. The van der Waals surface area contributed by atoms with Crippen LogP contribution in [0, 0.1) is 0 Å². The molecule has 1 atom stereocenters. The molecule has 0 saturated carbocycles. The molecular formula is C12H25NO3. The van der Waals surface area contributed by atoms with E-state index in [0.717, 1.165) is 0 Å². The summed E-state index contributed by atoms with van der Waals surface area (Å²) < 4.78 is 10.5. The lowest BCUT2D eigenvalue weighted by Gasteiger charge is -2.29. The smallest absolute Gasteiger partial charge is 0.248 e. The maximum absolute atomic E-state index is 11.9. The SMILES string of the molecule is CCN(C(=O)COC(C)(C)C)C(C)COC. The van der Waals surface area contributed by atoms with Gasteiger partial charge in [0, 0.05) is 13.7 Å². The lowest BCUT2D eigenvalue weighted by molar-refractivity contribution is -0.143. The molecule has 0 saturated heterocycles. The van der Waals surface area contributed by atoms with Crippen molar-refractivity contribution >= 4 is 5.91 Å². The second-order valence-electron chi connectivity index (χ2n) is 4.89. The van der Waals surface area contributed by atoms with Gasteiger partial charge in [-0.15, -0.1) is 0 Å². The van der Waals surface area contributed by atoms with Gasteiger partial charge in [0.25, 0.3) is 0 Å². The van der Waals surface area contributed by atoms with Crippen LogP contribution in [0.15, 0.2) is 0 Å². The summed E-state index contributed by atoms with van der Waals surface area (Å²) in [7, 11) is 1.64. The average molecular weight is 231 g/mol. The summed E-state index contributed by atoms with van der Waals surface area (Å²) in [6, 6.07) is 0.0890. The molecule has 0 fully saturated rings. The minimum atomic E-state index is -0.278. The van der Waals surface area contributed by atoms with Gasteiger partial charge < -0.3 is 14.4 Å². The Morgan fingerprint density at radius 3 is 2.31 bits per heavy atom. The molecule has 0 aliphatic carbocycles. The first kappa shape index (κ1) is 15.4. The Hall–Kier alpha value is -0.610. The molecule has 0 aromatic carbocycles. The summed E-state index contributed by atoms with van der Waals surface area (Å²) in [6.07, 6.45) is 0. The highest BCUT2D eigenvalue weighted by molar-refractivity contribution is 5.77. The molecule has 0 bridgehead atoms. The van der Waals surface area contributed by atoms with E-state index in [1.807, 2.05) is 34.6 Å². The molecule has 0 aromatic heterocycles.